The summed E-state index contributed by atoms with van der Waals surface area (Å²) in [6, 6.07) is 5.29. The number of carbonyl (C=O) groups is 11. The van der Waals surface area contributed by atoms with Crippen molar-refractivity contribution >= 4 is 88.0 Å². The standard InChI is InChI=1S/C81H145N27O11/c1-50(2)67(106-79(117)93-45-62(38-56-40-88-66-30-14-12-28-64(56)66)104-74(112)90-42-59(25-17-21-35-84)102-77(115)96-49-70(53(7)8)108-81(119)98-54(9)10)47-95-76(114)101-58(24-16-20-34-83)41-89-73(111)103-61(37-55-39-87-65-29-13-11-27-63(55)65)44-92-72(110)100-60(26-18-22-36-85)43-91-78(116)105-69(52(5)6)48-97-80(118)107-68(51(3)4)46-94-75(113)99-57(23-15-19-33-82)31-32-71(86)109/h11-14,27-30,39-40,50-54,57-62,67-70,87-88H,15-26,31-38,41-49,82-85H2,1-10H3,(H2,86,109)(H2,89,103,111)(H2,90,104,112)(H2,91,105,116)(H2,92,100,110)(H2,93,106,117)(H2,94,99,113)(H2,95,101,114)(H2,96,102,115)(H2,97,107,118)(H2,98,108,119)/t57-,58-,59-,60-,61-,62-,67+,68+,69+,70+/m0/s1. The van der Waals surface area contributed by atoms with Gasteiger partial charge in [0.2, 0.25) is 5.91 Å². The molecule has 0 spiro atoms. The van der Waals surface area contributed by atoms with Crippen LogP contribution in [-0.4, -0.2) is 228 Å². The molecule has 2 aromatic heterocycles. The Morgan fingerprint density at radius 1 is 0.294 bits per heavy atom. The van der Waals surface area contributed by atoms with Crippen LogP contribution in [0.4, 0.5) is 47.9 Å². The fourth-order valence-electron chi connectivity index (χ4n) is 13.2. The zero-order valence-electron chi connectivity index (χ0n) is 71.8. The predicted octanol–water partition coefficient (Wildman–Crippen LogP) is 3.93. The van der Waals surface area contributed by atoms with E-state index in [1.165, 1.54) is 0 Å². The van der Waals surface area contributed by atoms with Gasteiger partial charge in [-0.2, -0.15) is 0 Å². The van der Waals surface area contributed by atoms with Crippen molar-refractivity contribution in [2.45, 2.75) is 238 Å². The summed E-state index contributed by atoms with van der Waals surface area (Å²) in [4.78, 5) is 153. The Morgan fingerprint density at radius 3 is 0.832 bits per heavy atom. The van der Waals surface area contributed by atoms with Crippen molar-refractivity contribution in [1.82, 2.24) is 116 Å². The second kappa shape index (κ2) is 56.8. The summed E-state index contributed by atoms with van der Waals surface area (Å²) in [5.74, 6) is -0.813. The van der Waals surface area contributed by atoms with E-state index in [1.54, 1.807) is 0 Å². The zero-order valence-corrected chi connectivity index (χ0v) is 71.8. The quantitative estimate of drug-likeness (QED) is 0.0279. The average Bonchev–Trinajstić information content (AvgIpc) is 1.69. The number of benzene rings is 2. The number of aromatic nitrogens is 2. The second-order valence-electron chi connectivity index (χ2n) is 32.3. The molecular weight excluding hydrogens is 1530 g/mol. The van der Waals surface area contributed by atoms with Crippen LogP contribution in [0.1, 0.15) is 170 Å². The zero-order chi connectivity index (χ0) is 87.6. The fraction of sp³-hybridized carbons (Fsp3) is 0.667. The first-order valence-corrected chi connectivity index (χ1v) is 42.5. The number of H-pyrrole nitrogens is 2. The monoisotopic (exact) mass is 1670 g/mol. The molecular formula is C81H145N27O11. The maximum Gasteiger partial charge on any atom is 0.315 e. The maximum absolute atomic E-state index is 14.0. The van der Waals surface area contributed by atoms with Gasteiger partial charge in [-0.1, -0.05) is 117 Å². The molecule has 0 radical (unpaired) electrons. The summed E-state index contributed by atoms with van der Waals surface area (Å²) in [6.07, 6.45) is 12.4. The normalized spacial score (nSPS) is 13.9. The maximum atomic E-state index is 14.0. The fourth-order valence-corrected chi connectivity index (χ4v) is 13.2. The number of nitrogens with two attached hydrogens (primary N) is 5. The lowest BCUT2D eigenvalue weighted by molar-refractivity contribution is -0.118. The molecule has 2 heterocycles. The van der Waals surface area contributed by atoms with E-state index in [0.29, 0.717) is 110 Å². The van der Waals surface area contributed by atoms with E-state index in [9.17, 15) is 52.7 Å². The van der Waals surface area contributed by atoms with E-state index in [-0.39, 0.29) is 113 Å². The lowest BCUT2D eigenvalue weighted by Gasteiger charge is -2.27. The first-order chi connectivity index (χ1) is 56.9. The molecule has 10 atom stereocenters. The van der Waals surface area contributed by atoms with Gasteiger partial charge in [-0.3, -0.25) is 4.79 Å². The highest BCUT2D eigenvalue weighted by Crippen LogP contribution is 2.21. The predicted molar refractivity (Wildman–Crippen MR) is 467 cm³/mol. The van der Waals surface area contributed by atoms with Gasteiger partial charge in [0.1, 0.15) is 0 Å². The van der Waals surface area contributed by atoms with Crippen LogP contribution in [0.25, 0.3) is 21.8 Å². The molecule has 0 aliphatic heterocycles. The molecule has 0 aliphatic carbocycles. The van der Waals surface area contributed by atoms with Gasteiger partial charge in [-0.15, -0.1) is 0 Å². The van der Waals surface area contributed by atoms with Crippen LogP contribution >= 0.6 is 0 Å². The van der Waals surface area contributed by atoms with Crippen molar-refractivity contribution in [2.24, 2.45) is 52.3 Å². The van der Waals surface area contributed by atoms with E-state index in [4.69, 9.17) is 28.7 Å². The topological polar surface area (TPSA) is 590 Å². The van der Waals surface area contributed by atoms with Gasteiger partial charge in [-0.25, -0.2) is 47.9 Å². The molecule has 38 heteroatoms. The molecule has 670 valence electrons. The number of rotatable bonds is 56. The number of carbonyl (C=O) groups excluding carboxylic acids is 11. The number of aromatic amines is 2. The summed E-state index contributed by atoms with van der Waals surface area (Å²) in [6.45, 7) is 21.3. The van der Waals surface area contributed by atoms with Crippen molar-refractivity contribution in [2.75, 3.05) is 85.1 Å². The summed E-state index contributed by atoms with van der Waals surface area (Å²) in [5.41, 5.74) is 32.2. The van der Waals surface area contributed by atoms with Crippen LogP contribution < -0.4 is 135 Å². The van der Waals surface area contributed by atoms with Gasteiger partial charge in [-0.05, 0) is 158 Å². The molecule has 0 saturated carbocycles. The highest BCUT2D eigenvalue weighted by Gasteiger charge is 2.28. The minimum atomic E-state index is -0.666. The van der Waals surface area contributed by atoms with Gasteiger partial charge < -0.3 is 145 Å². The molecule has 2 aromatic carbocycles. The number of nitrogens with one attached hydrogen (secondary N) is 22. The molecule has 32 N–H and O–H groups in total. The van der Waals surface area contributed by atoms with Crippen LogP contribution in [0, 0.1) is 23.7 Å². The van der Waals surface area contributed by atoms with E-state index in [0.717, 1.165) is 45.8 Å². The van der Waals surface area contributed by atoms with Crippen LogP contribution in [0.3, 0.4) is 0 Å². The molecule has 119 heavy (non-hydrogen) atoms. The van der Waals surface area contributed by atoms with E-state index in [2.05, 4.69) is 116 Å². The Balaban J connectivity index is 1.36. The van der Waals surface area contributed by atoms with Gasteiger partial charge in [0, 0.05) is 130 Å². The van der Waals surface area contributed by atoms with Gasteiger partial charge in [0.05, 0.1) is 36.3 Å². The van der Waals surface area contributed by atoms with Crippen molar-refractivity contribution in [3.63, 3.8) is 0 Å². The van der Waals surface area contributed by atoms with E-state index >= 15 is 0 Å². The lowest BCUT2D eigenvalue weighted by Crippen LogP contribution is -2.56. The van der Waals surface area contributed by atoms with Crippen molar-refractivity contribution in [3.8, 4) is 0 Å². The molecule has 38 nitrogen and oxygen atoms in total. The number of urea groups is 10. The van der Waals surface area contributed by atoms with E-state index in [1.807, 2.05) is 130 Å². The average molecular weight is 1670 g/mol. The van der Waals surface area contributed by atoms with Gasteiger partial charge >= 0.3 is 60.3 Å². The highest BCUT2D eigenvalue weighted by atomic mass is 16.2. The smallest absolute Gasteiger partial charge is 0.315 e. The molecule has 0 fully saturated rings. The van der Waals surface area contributed by atoms with Crippen LogP contribution in [0.2, 0.25) is 0 Å². The first-order valence-electron chi connectivity index (χ1n) is 42.5. The lowest BCUT2D eigenvalue weighted by atomic mass is 10.0. The van der Waals surface area contributed by atoms with Gasteiger partial charge in [0.25, 0.3) is 0 Å². The Labute approximate surface area is 701 Å². The Hall–Kier alpha value is -10.5. The molecule has 0 bridgehead atoms. The molecule has 0 saturated heterocycles. The second-order valence-corrected chi connectivity index (χ2v) is 32.3. The highest BCUT2D eigenvalue weighted by molar-refractivity contribution is 5.85. The third-order valence-electron chi connectivity index (χ3n) is 20.4. The number of fused-ring (bicyclic) bond motifs is 2. The number of unbranched alkanes of at least 4 members (excludes halogenated alkanes) is 4. The molecule has 4 aromatic rings. The summed E-state index contributed by atoms with van der Waals surface area (Å²) >= 11 is 0. The number of amides is 21. The summed E-state index contributed by atoms with van der Waals surface area (Å²) in [5, 5.41) is 60.4. The SMILES string of the molecule is CC(C)NC(=O)N[C@H](CNC(=O)N[C@@H](CCCCN)CNC(=O)N[C@H](CNC(=O)N[C@H](CNC(=O)N[C@@H](CCCCN)CNC(=O)N[C@H](CNC(=O)N[C@@H](CCCCN)CNC(=O)N[C@H](CNC(=O)N[C@H](CNC(=O)N[C@@H](CCCCN)CCC(N)=O)C(C)C)C(C)C)Cc1c[nH]c2ccccc12)C(C)C)Cc1c[nH]c2ccccc12)C(C)C. The van der Waals surface area contributed by atoms with E-state index < -0.39 is 109 Å². The Bertz CT molecular complexity index is 3670. The number of para-hydroxylation sites is 2. The number of hydrogen-bond donors (Lipinski definition) is 27. The molecule has 0 aliphatic rings. The first kappa shape index (κ1) is 101. The minimum Gasteiger partial charge on any atom is -0.370 e. The third kappa shape index (κ3) is 42.7. The Kier molecular flexibility index (Phi) is 48.2. The summed E-state index contributed by atoms with van der Waals surface area (Å²) in [7, 11) is 0. The third-order valence-corrected chi connectivity index (χ3v) is 20.4. The van der Waals surface area contributed by atoms with Crippen molar-refractivity contribution < 1.29 is 52.7 Å². The number of hydrogen-bond acceptors (Lipinski definition) is 15. The molecule has 21 amide bonds. The minimum absolute atomic E-state index is 0.000923. The van der Waals surface area contributed by atoms with Crippen LogP contribution in [-0.2, 0) is 17.6 Å². The van der Waals surface area contributed by atoms with Crippen LogP contribution in [0.15, 0.2) is 60.9 Å². The molecule has 0 unspecified atom stereocenters. The summed E-state index contributed by atoms with van der Waals surface area (Å²) < 4.78 is 0. The van der Waals surface area contributed by atoms with Crippen molar-refractivity contribution in [1.29, 1.82) is 0 Å². The Morgan fingerprint density at radius 2 is 0.546 bits per heavy atom. The van der Waals surface area contributed by atoms with Crippen molar-refractivity contribution in [3.05, 3.63) is 72.1 Å². The van der Waals surface area contributed by atoms with Gasteiger partial charge in [0.15, 0.2) is 0 Å². The van der Waals surface area contributed by atoms with Crippen LogP contribution in [0.5, 0.6) is 0 Å². The molecule has 4 rings (SSSR count). The number of primary amides is 1. The largest absolute Gasteiger partial charge is 0.370 e.